The zero-order chi connectivity index (χ0) is 9.23. The fraction of sp³-hybridized carbons (Fsp3) is 0.545. The summed E-state index contributed by atoms with van der Waals surface area (Å²) in [4.78, 5) is 4.11. The first-order valence-electron chi connectivity index (χ1n) is 4.67. The summed E-state index contributed by atoms with van der Waals surface area (Å²) in [6, 6.07) is 0. The predicted molar refractivity (Wildman–Crippen MR) is 56.6 cm³/mol. The van der Waals surface area contributed by atoms with Gasteiger partial charge in [-0.05, 0) is 24.8 Å². The van der Waals surface area contributed by atoms with E-state index in [0.29, 0.717) is 0 Å². The molecule has 0 bridgehead atoms. The molecule has 0 aromatic rings. The second-order valence-electron chi connectivity index (χ2n) is 2.83. The lowest BCUT2D eigenvalue weighted by atomic mass is 10.1. The SMILES string of the molecule is C=C(C=N/C=C\CC)CCCC. The Hall–Kier alpha value is -0.850. The minimum Gasteiger partial charge on any atom is -0.265 e. The molecular weight excluding hydrogens is 146 g/mol. The molecule has 0 fully saturated rings. The molecule has 0 rings (SSSR count). The van der Waals surface area contributed by atoms with Crippen LogP contribution in [0.4, 0.5) is 0 Å². The first-order valence-corrected chi connectivity index (χ1v) is 4.67. The van der Waals surface area contributed by atoms with Gasteiger partial charge in [0.15, 0.2) is 0 Å². The summed E-state index contributed by atoms with van der Waals surface area (Å²) in [7, 11) is 0. The van der Waals surface area contributed by atoms with Crippen LogP contribution in [0.3, 0.4) is 0 Å². The smallest absolute Gasteiger partial charge is 0.0293 e. The minimum atomic E-state index is 1.04. The van der Waals surface area contributed by atoms with Crippen LogP contribution in [0.15, 0.2) is 29.4 Å². The van der Waals surface area contributed by atoms with E-state index in [1.165, 1.54) is 12.8 Å². The number of allylic oxidation sites excluding steroid dienone is 2. The van der Waals surface area contributed by atoms with Gasteiger partial charge in [0.2, 0.25) is 0 Å². The molecule has 0 N–H and O–H groups in total. The summed E-state index contributed by atoms with van der Waals surface area (Å²) < 4.78 is 0. The Labute approximate surface area is 75.9 Å². The molecule has 1 heteroatoms. The lowest BCUT2D eigenvalue weighted by Crippen LogP contribution is -1.81. The molecule has 68 valence electrons. The minimum absolute atomic E-state index is 1.04. The monoisotopic (exact) mass is 165 g/mol. The van der Waals surface area contributed by atoms with E-state index in [0.717, 1.165) is 18.4 Å². The Balaban J connectivity index is 3.53. The summed E-state index contributed by atoms with van der Waals surface area (Å²) in [5.74, 6) is 0. The number of hydrogen-bond donors (Lipinski definition) is 0. The highest BCUT2D eigenvalue weighted by atomic mass is 14.7. The van der Waals surface area contributed by atoms with E-state index in [4.69, 9.17) is 0 Å². The van der Waals surface area contributed by atoms with Crippen molar-refractivity contribution in [2.24, 2.45) is 4.99 Å². The van der Waals surface area contributed by atoms with Crippen LogP contribution >= 0.6 is 0 Å². The maximum Gasteiger partial charge on any atom is 0.0293 e. The van der Waals surface area contributed by atoms with Gasteiger partial charge >= 0.3 is 0 Å². The molecule has 12 heavy (non-hydrogen) atoms. The molecule has 0 atom stereocenters. The zero-order valence-corrected chi connectivity index (χ0v) is 8.21. The van der Waals surface area contributed by atoms with Gasteiger partial charge < -0.3 is 0 Å². The maximum atomic E-state index is 4.11. The van der Waals surface area contributed by atoms with Crippen molar-refractivity contribution < 1.29 is 0 Å². The van der Waals surface area contributed by atoms with Crippen molar-refractivity contribution in [1.29, 1.82) is 0 Å². The molecule has 0 unspecified atom stereocenters. The van der Waals surface area contributed by atoms with E-state index in [2.05, 4.69) is 25.4 Å². The molecule has 0 saturated heterocycles. The molecule has 0 aromatic heterocycles. The van der Waals surface area contributed by atoms with E-state index < -0.39 is 0 Å². The summed E-state index contributed by atoms with van der Waals surface area (Å²) in [6.07, 6.45) is 10.3. The standard InChI is InChI=1S/C11H19N/c1-4-6-8-11(3)10-12-9-7-5-2/h7,9-10H,3-6,8H2,1-2H3/b9-7-,12-10?. The Morgan fingerprint density at radius 2 is 2.17 bits per heavy atom. The van der Waals surface area contributed by atoms with Crippen LogP contribution in [-0.4, -0.2) is 6.21 Å². The van der Waals surface area contributed by atoms with Gasteiger partial charge in [-0.25, -0.2) is 0 Å². The van der Waals surface area contributed by atoms with Gasteiger partial charge in [-0.1, -0.05) is 32.9 Å². The van der Waals surface area contributed by atoms with E-state index in [9.17, 15) is 0 Å². The van der Waals surface area contributed by atoms with Crippen molar-refractivity contribution in [3.05, 3.63) is 24.4 Å². The molecule has 1 nitrogen and oxygen atoms in total. The second kappa shape index (κ2) is 8.25. The quantitative estimate of drug-likeness (QED) is 0.532. The van der Waals surface area contributed by atoms with Gasteiger partial charge in [-0.15, -0.1) is 0 Å². The van der Waals surface area contributed by atoms with E-state index >= 15 is 0 Å². The van der Waals surface area contributed by atoms with Gasteiger partial charge in [0.05, 0.1) is 0 Å². The molecule has 0 aliphatic carbocycles. The third-order valence-electron chi connectivity index (χ3n) is 1.54. The van der Waals surface area contributed by atoms with Crippen LogP contribution in [-0.2, 0) is 0 Å². The van der Waals surface area contributed by atoms with Gasteiger partial charge in [-0.2, -0.15) is 0 Å². The Morgan fingerprint density at radius 3 is 2.75 bits per heavy atom. The van der Waals surface area contributed by atoms with Crippen LogP contribution in [0.5, 0.6) is 0 Å². The first-order chi connectivity index (χ1) is 5.81. The first kappa shape index (κ1) is 11.2. The van der Waals surface area contributed by atoms with Crippen molar-refractivity contribution in [2.45, 2.75) is 39.5 Å². The fourth-order valence-corrected chi connectivity index (χ4v) is 0.783. The summed E-state index contributed by atoms with van der Waals surface area (Å²) >= 11 is 0. The lowest BCUT2D eigenvalue weighted by Gasteiger charge is -1.94. The number of nitrogens with zero attached hydrogens (tertiary/aromatic N) is 1. The average Bonchev–Trinajstić information content (AvgIpc) is 2.09. The molecule has 0 aromatic carbocycles. The van der Waals surface area contributed by atoms with Gasteiger partial charge in [0.25, 0.3) is 0 Å². The number of aliphatic imine (C=N–C) groups is 1. The van der Waals surface area contributed by atoms with E-state index in [1.807, 2.05) is 18.5 Å². The van der Waals surface area contributed by atoms with Crippen molar-refractivity contribution in [2.75, 3.05) is 0 Å². The summed E-state index contributed by atoms with van der Waals surface area (Å²) in [5.41, 5.74) is 1.12. The predicted octanol–water partition coefficient (Wildman–Crippen LogP) is 3.73. The second-order valence-corrected chi connectivity index (χ2v) is 2.83. The summed E-state index contributed by atoms with van der Waals surface area (Å²) in [6.45, 7) is 8.18. The molecule has 0 spiro atoms. The van der Waals surface area contributed by atoms with Crippen LogP contribution in [0.1, 0.15) is 39.5 Å². The van der Waals surface area contributed by atoms with Gasteiger partial charge in [0, 0.05) is 12.4 Å². The maximum absolute atomic E-state index is 4.11. The van der Waals surface area contributed by atoms with Gasteiger partial charge in [-0.3, -0.25) is 4.99 Å². The number of unbranched alkanes of at least 4 members (excludes halogenated alkanes) is 1. The third kappa shape index (κ3) is 7.26. The van der Waals surface area contributed by atoms with Crippen LogP contribution < -0.4 is 0 Å². The molecular formula is C11H19N. The van der Waals surface area contributed by atoms with E-state index in [-0.39, 0.29) is 0 Å². The van der Waals surface area contributed by atoms with Gasteiger partial charge in [0.1, 0.15) is 0 Å². The van der Waals surface area contributed by atoms with Crippen molar-refractivity contribution >= 4 is 6.21 Å². The van der Waals surface area contributed by atoms with E-state index in [1.54, 1.807) is 0 Å². The Bertz CT molecular complexity index is 166. The molecule has 0 saturated carbocycles. The number of rotatable bonds is 6. The van der Waals surface area contributed by atoms with Crippen LogP contribution in [0.25, 0.3) is 0 Å². The normalized spacial score (nSPS) is 11.5. The zero-order valence-electron chi connectivity index (χ0n) is 8.21. The third-order valence-corrected chi connectivity index (χ3v) is 1.54. The molecule has 0 aliphatic rings. The van der Waals surface area contributed by atoms with Crippen molar-refractivity contribution in [3.63, 3.8) is 0 Å². The van der Waals surface area contributed by atoms with Crippen LogP contribution in [0.2, 0.25) is 0 Å². The highest BCUT2D eigenvalue weighted by Gasteiger charge is 1.86. The highest BCUT2D eigenvalue weighted by Crippen LogP contribution is 2.01. The largest absolute Gasteiger partial charge is 0.265 e. The molecule has 0 radical (unpaired) electrons. The lowest BCUT2D eigenvalue weighted by molar-refractivity contribution is 0.806. The molecule has 0 heterocycles. The summed E-state index contributed by atoms with van der Waals surface area (Å²) in [5, 5.41) is 0. The topological polar surface area (TPSA) is 12.4 Å². The molecule has 0 aliphatic heterocycles. The average molecular weight is 165 g/mol. The molecule has 0 amide bonds. The van der Waals surface area contributed by atoms with Crippen molar-refractivity contribution in [3.8, 4) is 0 Å². The Morgan fingerprint density at radius 1 is 1.42 bits per heavy atom. The number of hydrogen-bond acceptors (Lipinski definition) is 1. The van der Waals surface area contributed by atoms with Crippen molar-refractivity contribution in [1.82, 2.24) is 0 Å². The highest BCUT2D eigenvalue weighted by molar-refractivity contribution is 5.77. The Kier molecular flexibility index (Phi) is 7.66. The van der Waals surface area contributed by atoms with Crippen LogP contribution in [0, 0.1) is 0 Å². The fourth-order valence-electron chi connectivity index (χ4n) is 0.783.